The highest BCUT2D eigenvalue weighted by atomic mass is 14.9. The van der Waals surface area contributed by atoms with Crippen molar-refractivity contribution in [2.24, 2.45) is 28.5 Å². The van der Waals surface area contributed by atoms with Gasteiger partial charge in [-0.25, -0.2) is 0 Å². The van der Waals surface area contributed by atoms with E-state index in [4.69, 9.17) is 10.7 Å². The van der Waals surface area contributed by atoms with Gasteiger partial charge in [0, 0.05) is 12.5 Å². The molecule has 2 heteroatoms. The summed E-state index contributed by atoms with van der Waals surface area (Å²) < 4.78 is 0. The number of hydrogen-bond acceptors (Lipinski definition) is 1. The van der Waals surface area contributed by atoms with Crippen LogP contribution in [0.1, 0.15) is 64.7 Å². The molecular weight excluding hydrogens is 208 g/mol. The fourth-order valence-corrected chi connectivity index (χ4v) is 3.41. The first-order valence-electron chi connectivity index (χ1n) is 7.57. The van der Waals surface area contributed by atoms with E-state index < -0.39 is 0 Å². The largest absolute Gasteiger partial charge is 0.387 e. The number of nitrogens with zero attached hydrogens (tertiary/aromatic N) is 1. The Bertz CT molecular complexity index is 254. The van der Waals surface area contributed by atoms with Gasteiger partial charge in [0.2, 0.25) is 0 Å². The maximum Gasteiger partial charge on any atom is 0.0968 e. The predicted molar refractivity (Wildman–Crippen MR) is 74.2 cm³/mol. The zero-order valence-electron chi connectivity index (χ0n) is 11.3. The molecule has 98 valence electrons. The van der Waals surface area contributed by atoms with Gasteiger partial charge in [0.05, 0.1) is 5.84 Å². The van der Waals surface area contributed by atoms with E-state index in [-0.39, 0.29) is 0 Å². The Morgan fingerprint density at radius 2 is 1.65 bits per heavy atom. The molecular formula is C15H28N2. The van der Waals surface area contributed by atoms with Gasteiger partial charge >= 0.3 is 0 Å². The van der Waals surface area contributed by atoms with Crippen LogP contribution in [0.4, 0.5) is 0 Å². The molecule has 17 heavy (non-hydrogen) atoms. The number of nitrogens with two attached hydrogens (primary N) is 1. The van der Waals surface area contributed by atoms with Gasteiger partial charge in [-0.15, -0.1) is 0 Å². The van der Waals surface area contributed by atoms with Crippen LogP contribution in [0, 0.1) is 17.8 Å². The minimum Gasteiger partial charge on any atom is -0.387 e. The highest BCUT2D eigenvalue weighted by molar-refractivity contribution is 5.82. The van der Waals surface area contributed by atoms with Gasteiger partial charge in [0.25, 0.3) is 0 Å². The molecule has 2 nitrogen and oxygen atoms in total. The second kappa shape index (κ2) is 6.42. The van der Waals surface area contributed by atoms with Crippen molar-refractivity contribution in [2.45, 2.75) is 64.7 Å². The molecule has 2 atom stereocenters. The van der Waals surface area contributed by atoms with E-state index in [0.717, 1.165) is 24.2 Å². The van der Waals surface area contributed by atoms with E-state index in [0.29, 0.717) is 5.92 Å². The Hall–Kier alpha value is -0.530. The van der Waals surface area contributed by atoms with E-state index in [1.54, 1.807) is 0 Å². The quantitative estimate of drug-likeness (QED) is 0.588. The summed E-state index contributed by atoms with van der Waals surface area (Å²) in [5.41, 5.74) is 6.16. The fraction of sp³-hybridized carbons (Fsp3) is 0.933. The van der Waals surface area contributed by atoms with Gasteiger partial charge in [-0.2, -0.15) is 0 Å². The number of amidine groups is 1. The van der Waals surface area contributed by atoms with Gasteiger partial charge < -0.3 is 5.73 Å². The predicted octanol–water partition coefficient (Wildman–Crippen LogP) is 3.75. The third-order valence-corrected chi connectivity index (χ3v) is 4.82. The molecule has 2 saturated carbocycles. The van der Waals surface area contributed by atoms with Gasteiger partial charge in [-0.05, 0) is 31.1 Å². The van der Waals surface area contributed by atoms with Gasteiger partial charge in [0.1, 0.15) is 0 Å². The maximum absolute atomic E-state index is 6.16. The van der Waals surface area contributed by atoms with Crippen LogP contribution < -0.4 is 5.73 Å². The molecule has 2 aliphatic carbocycles. The van der Waals surface area contributed by atoms with Gasteiger partial charge in [0.15, 0.2) is 0 Å². The normalized spacial score (nSPS) is 32.6. The van der Waals surface area contributed by atoms with Crippen molar-refractivity contribution >= 4 is 5.84 Å². The molecule has 0 aromatic rings. The lowest BCUT2D eigenvalue weighted by Gasteiger charge is -2.28. The Labute approximate surface area is 106 Å². The highest BCUT2D eigenvalue weighted by Gasteiger charge is 2.22. The minimum atomic E-state index is 0.600. The lowest BCUT2D eigenvalue weighted by atomic mass is 9.80. The maximum atomic E-state index is 6.16. The molecule has 0 amide bonds. The van der Waals surface area contributed by atoms with Crippen molar-refractivity contribution in [1.29, 1.82) is 0 Å². The average molecular weight is 236 g/mol. The topological polar surface area (TPSA) is 38.4 Å². The van der Waals surface area contributed by atoms with Crippen LogP contribution in [0.2, 0.25) is 0 Å². The Balaban J connectivity index is 1.81. The standard InChI is InChI=1S/C15H28N2/c1-12-7-5-6-10-14(12)11-17-15(16)13-8-3-2-4-9-13/h12-14H,2-11H2,1H3,(H2,16,17). The summed E-state index contributed by atoms with van der Waals surface area (Å²) in [5.74, 6) is 3.21. The first-order chi connectivity index (χ1) is 8.27. The van der Waals surface area contributed by atoms with E-state index in [1.807, 2.05) is 0 Å². The fourth-order valence-electron chi connectivity index (χ4n) is 3.41. The summed E-state index contributed by atoms with van der Waals surface area (Å²) in [4.78, 5) is 4.72. The molecule has 2 unspecified atom stereocenters. The molecule has 0 saturated heterocycles. The number of hydrogen-bond donors (Lipinski definition) is 1. The first-order valence-corrected chi connectivity index (χ1v) is 7.57. The van der Waals surface area contributed by atoms with Gasteiger partial charge in [-0.3, -0.25) is 4.99 Å². The molecule has 0 aromatic carbocycles. The zero-order valence-corrected chi connectivity index (χ0v) is 11.3. The molecule has 0 heterocycles. The average Bonchev–Trinajstić information content (AvgIpc) is 2.38. The van der Waals surface area contributed by atoms with E-state index in [1.165, 1.54) is 57.8 Å². The number of aliphatic imine (C=N–C) groups is 1. The third kappa shape index (κ3) is 3.72. The van der Waals surface area contributed by atoms with E-state index in [2.05, 4.69) is 6.92 Å². The second-order valence-corrected chi connectivity index (χ2v) is 6.12. The van der Waals surface area contributed by atoms with Crippen LogP contribution in [-0.2, 0) is 0 Å². The smallest absolute Gasteiger partial charge is 0.0968 e. The molecule has 2 fully saturated rings. The van der Waals surface area contributed by atoms with Crippen molar-refractivity contribution in [3.63, 3.8) is 0 Å². The summed E-state index contributed by atoms with van der Waals surface area (Å²) in [6.07, 6.45) is 12.2. The molecule has 0 spiro atoms. The summed E-state index contributed by atoms with van der Waals surface area (Å²) >= 11 is 0. The van der Waals surface area contributed by atoms with Crippen LogP contribution >= 0.6 is 0 Å². The van der Waals surface area contributed by atoms with Crippen LogP contribution in [-0.4, -0.2) is 12.4 Å². The monoisotopic (exact) mass is 236 g/mol. The second-order valence-electron chi connectivity index (χ2n) is 6.12. The molecule has 2 rings (SSSR count). The van der Waals surface area contributed by atoms with Crippen molar-refractivity contribution in [3.8, 4) is 0 Å². The van der Waals surface area contributed by atoms with Gasteiger partial charge in [-0.1, -0.05) is 45.4 Å². The zero-order chi connectivity index (χ0) is 12.1. The van der Waals surface area contributed by atoms with Crippen LogP contribution in [0.25, 0.3) is 0 Å². The molecule has 0 radical (unpaired) electrons. The first kappa shape index (κ1) is 12.9. The molecule has 0 aliphatic heterocycles. The third-order valence-electron chi connectivity index (χ3n) is 4.82. The van der Waals surface area contributed by atoms with Crippen molar-refractivity contribution in [2.75, 3.05) is 6.54 Å². The minimum absolute atomic E-state index is 0.600. The molecule has 0 aromatic heterocycles. The highest BCUT2D eigenvalue weighted by Crippen LogP contribution is 2.30. The van der Waals surface area contributed by atoms with Crippen LogP contribution in [0.5, 0.6) is 0 Å². The number of rotatable bonds is 3. The SMILES string of the molecule is CC1CCCCC1CN=C(N)C1CCCCC1. The lowest BCUT2D eigenvalue weighted by Crippen LogP contribution is -2.28. The lowest BCUT2D eigenvalue weighted by molar-refractivity contribution is 0.263. The molecule has 0 bridgehead atoms. The van der Waals surface area contributed by atoms with Crippen molar-refractivity contribution in [3.05, 3.63) is 0 Å². The van der Waals surface area contributed by atoms with E-state index >= 15 is 0 Å². The van der Waals surface area contributed by atoms with E-state index in [9.17, 15) is 0 Å². The summed E-state index contributed by atoms with van der Waals surface area (Å²) in [6, 6.07) is 0. The Kier molecular flexibility index (Phi) is 4.87. The van der Waals surface area contributed by atoms with Crippen LogP contribution in [0.3, 0.4) is 0 Å². The van der Waals surface area contributed by atoms with Crippen molar-refractivity contribution in [1.82, 2.24) is 0 Å². The Morgan fingerprint density at radius 3 is 2.35 bits per heavy atom. The summed E-state index contributed by atoms with van der Waals surface area (Å²) in [7, 11) is 0. The molecule has 2 aliphatic rings. The summed E-state index contributed by atoms with van der Waals surface area (Å²) in [5, 5.41) is 0. The Morgan fingerprint density at radius 1 is 1.00 bits per heavy atom. The summed E-state index contributed by atoms with van der Waals surface area (Å²) in [6.45, 7) is 3.37. The molecule has 2 N–H and O–H groups in total. The van der Waals surface area contributed by atoms with Crippen LogP contribution in [0.15, 0.2) is 4.99 Å². The van der Waals surface area contributed by atoms with Crippen molar-refractivity contribution < 1.29 is 0 Å².